The Balaban J connectivity index is 1.33. The lowest BCUT2D eigenvalue weighted by atomic mass is 10.0. The van der Waals surface area contributed by atoms with Gasteiger partial charge in [0.25, 0.3) is 5.91 Å². The lowest BCUT2D eigenvalue weighted by molar-refractivity contribution is 0.0254. The number of hydrogen-bond donors (Lipinski definition) is 0. The molecule has 0 unspecified atom stereocenters. The van der Waals surface area contributed by atoms with Crippen molar-refractivity contribution in [3.63, 3.8) is 0 Å². The molecule has 0 N–H and O–H groups in total. The molecule has 192 valence electrons. The molecule has 2 fully saturated rings. The molecule has 1 aromatic carbocycles. The molecule has 4 aromatic rings. The van der Waals surface area contributed by atoms with Gasteiger partial charge < -0.3 is 23.5 Å². The summed E-state index contributed by atoms with van der Waals surface area (Å²) in [6, 6.07) is 13.2. The monoisotopic (exact) mass is 510 g/mol. The first-order valence-corrected chi connectivity index (χ1v) is 12.7. The zero-order valence-corrected chi connectivity index (χ0v) is 21.0. The Kier molecular flexibility index (Phi) is 6.40. The number of pyridine rings is 2. The molecule has 2 aliphatic heterocycles. The molecule has 9 nitrogen and oxygen atoms in total. The molecule has 3 aromatic heterocycles. The van der Waals surface area contributed by atoms with Crippen LogP contribution in [0.4, 0.5) is 0 Å². The van der Waals surface area contributed by atoms with E-state index in [9.17, 15) is 10.1 Å². The number of nitrogens with zero attached hydrogens (tertiary/aromatic N) is 4. The van der Waals surface area contributed by atoms with Crippen LogP contribution in [0.25, 0.3) is 33.7 Å². The zero-order chi connectivity index (χ0) is 26.1. The zero-order valence-electron chi connectivity index (χ0n) is 21.0. The van der Waals surface area contributed by atoms with Gasteiger partial charge in [0.05, 0.1) is 31.5 Å². The van der Waals surface area contributed by atoms with Crippen molar-refractivity contribution >= 4 is 17.0 Å². The molecular formula is C29H26N4O5. The third-order valence-corrected chi connectivity index (χ3v) is 6.98. The quantitative estimate of drug-likeness (QED) is 0.362. The lowest BCUT2D eigenvalue weighted by Crippen LogP contribution is -2.42. The second-order valence-electron chi connectivity index (χ2n) is 9.36. The molecule has 6 rings (SSSR count). The first kappa shape index (κ1) is 23.9. The second kappa shape index (κ2) is 10.1. The van der Waals surface area contributed by atoms with Gasteiger partial charge in [0, 0.05) is 50.0 Å². The summed E-state index contributed by atoms with van der Waals surface area (Å²) >= 11 is 0. The number of carbonyl (C=O) groups excluding carboxylic acids is 1. The summed E-state index contributed by atoms with van der Waals surface area (Å²) in [6.45, 7) is 2.85. The predicted molar refractivity (Wildman–Crippen MR) is 139 cm³/mol. The molecule has 0 aliphatic carbocycles. The molecule has 0 saturated carbocycles. The number of amides is 1. The Labute approximate surface area is 219 Å². The van der Waals surface area contributed by atoms with Gasteiger partial charge in [0.15, 0.2) is 11.3 Å². The molecule has 9 heteroatoms. The number of benzene rings is 1. The van der Waals surface area contributed by atoms with Crippen molar-refractivity contribution in [2.75, 3.05) is 33.4 Å². The minimum Gasteiger partial charge on any atom is -0.494 e. The third-order valence-electron chi connectivity index (χ3n) is 6.98. The van der Waals surface area contributed by atoms with Gasteiger partial charge in [-0.15, -0.1) is 0 Å². The highest BCUT2D eigenvalue weighted by Crippen LogP contribution is 2.37. The maximum absolute atomic E-state index is 12.6. The average molecular weight is 511 g/mol. The van der Waals surface area contributed by atoms with Crippen LogP contribution < -0.4 is 9.47 Å². The molecule has 1 amide bonds. The Morgan fingerprint density at radius 1 is 1.11 bits per heavy atom. The molecule has 0 atom stereocenters. The Hall–Kier alpha value is -4.42. The largest absolute Gasteiger partial charge is 0.494 e. The van der Waals surface area contributed by atoms with Crippen molar-refractivity contribution in [3.05, 3.63) is 59.9 Å². The fourth-order valence-electron chi connectivity index (χ4n) is 4.75. The van der Waals surface area contributed by atoms with Crippen LogP contribution in [0.1, 0.15) is 35.2 Å². The molecular weight excluding hydrogens is 484 g/mol. The van der Waals surface area contributed by atoms with E-state index in [2.05, 4.69) is 16.0 Å². The molecule has 2 aliphatic rings. The van der Waals surface area contributed by atoms with E-state index in [0.29, 0.717) is 58.4 Å². The van der Waals surface area contributed by atoms with Crippen LogP contribution >= 0.6 is 0 Å². The van der Waals surface area contributed by atoms with Gasteiger partial charge in [0.2, 0.25) is 0 Å². The first-order valence-electron chi connectivity index (χ1n) is 12.7. The lowest BCUT2D eigenvalue weighted by Gasteiger charge is -2.30. The van der Waals surface area contributed by atoms with Crippen LogP contribution in [-0.2, 0) is 4.74 Å². The van der Waals surface area contributed by atoms with Crippen molar-refractivity contribution in [2.24, 2.45) is 0 Å². The first-order chi connectivity index (χ1) is 18.6. The number of ether oxygens (including phenoxy) is 3. The topological polar surface area (TPSA) is 111 Å². The number of aromatic nitrogens is 2. The van der Waals surface area contributed by atoms with Crippen LogP contribution in [0.2, 0.25) is 0 Å². The summed E-state index contributed by atoms with van der Waals surface area (Å²) < 4.78 is 23.3. The van der Waals surface area contributed by atoms with E-state index in [1.54, 1.807) is 35.5 Å². The standard InChI is InChI=1S/C29H26N4O5/c1-35-25-14-20(29(34)33-9-2-10-33)17-32-27(25)26-15-23-28(38-26)22(5-8-31-23)18-3-4-24(19(13-18)16-30)37-21-6-11-36-12-7-21/h3-5,8,13-15,17,21H,2,6-7,9-12H2,1H3. The number of methoxy groups -OCH3 is 1. The number of carbonyl (C=O) groups is 1. The number of nitriles is 1. The molecule has 0 spiro atoms. The Bertz CT molecular complexity index is 1550. The molecule has 0 radical (unpaired) electrons. The van der Waals surface area contributed by atoms with E-state index >= 15 is 0 Å². The van der Waals surface area contributed by atoms with Crippen molar-refractivity contribution in [3.8, 4) is 40.1 Å². The van der Waals surface area contributed by atoms with Crippen molar-refractivity contribution in [2.45, 2.75) is 25.4 Å². The van der Waals surface area contributed by atoms with Crippen LogP contribution in [0.5, 0.6) is 11.5 Å². The van der Waals surface area contributed by atoms with E-state index in [0.717, 1.165) is 43.5 Å². The molecule has 5 heterocycles. The van der Waals surface area contributed by atoms with Gasteiger partial charge in [-0.2, -0.15) is 5.26 Å². The number of rotatable bonds is 6. The number of hydrogen-bond acceptors (Lipinski definition) is 8. The average Bonchev–Trinajstić information content (AvgIpc) is 3.37. The third kappa shape index (κ3) is 4.44. The van der Waals surface area contributed by atoms with Gasteiger partial charge in [-0.25, -0.2) is 4.98 Å². The Morgan fingerprint density at radius 3 is 2.68 bits per heavy atom. The fourth-order valence-corrected chi connectivity index (χ4v) is 4.75. The SMILES string of the molecule is COc1cc(C(=O)N2CCC2)cnc1-c1cc2nccc(-c3ccc(OC4CCOCC4)c(C#N)c3)c2o1. The van der Waals surface area contributed by atoms with Crippen LogP contribution in [0, 0.1) is 11.3 Å². The van der Waals surface area contributed by atoms with Crippen molar-refractivity contribution in [1.82, 2.24) is 14.9 Å². The normalized spacial score (nSPS) is 15.6. The van der Waals surface area contributed by atoms with Crippen LogP contribution in [0.15, 0.2) is 53.2 Å². The van der Waals surface area contributed by atoms with E-state index in [1.807, 2.05) is 18.2 Å². The van der Waals surface area contributed by atoms with Gasteiger partial charge in [0.1, 0.15) is 34.9 Å². The molecule has 2 saturated heterocycles. The van der Waals surface area contributed by atoms with Gasteiger partial charge in [-0.05, 0) is 36.2 Å². The maximum Gasteiger partial charge on any atom is 0.255 e. The van der Waals surface area contributed by atoms with Crippen LogP contribution in [0.3, 0.4) is 0 Å². The van der Waals surface area contributed by atoms with Crippen molar-refractivity contribution < 1.29 is 23.4 Å². The smallest absolute Gasteiger partial charge is 0.255 e. The number of fused-ring (bicyclic) bond motifs is 1. The molecule has 38 heavy (non-hydrogen) atoms. The van der Waals surface area contributed by atoms with Gasteiger partial charge in [-0.3, -0.25) is 9.78 Å². The summed E-state index contributed by atoms with van der Waals surface area (Å²) in [5, 5.41) is 9.82. The summed E-state index contributed by atoms with van der Waals surface area (Å²) in [5.74, 6) is 1.42. The van der Waals surface area contributed by atoms with Crippen LogP contribution in [-0.4, -0.2) is 60.3 Å². The predicted octanol–water partition coefficient (Wildman–Crippen LogP) is 4.84. The maximum atomic E-state index is 12.6. The second-order valence-corrected chi connectivity index (χ2v) is 9.36. The summed E-state index contributed by atoms with van der Waals surface area (Å²) in [6.07, 6.45) is 5.92. The number of likely N-dealkylation sites (tertiary alicyclic amines) is 1. The minimum atomic E-state index is -0.0558. The molecule has 0 bridgehead atoms. The summed E-state index contributed by atoms with van der Waals surface area (Å²) in [7, 11) is 1.54. The highest BCUT2D eigenvalue weighted by molar-refractivity contribution is 5.96. The van der Waals surface area contributed by atoms with E-state index in [1.165, 1.54) is 7.11 Å². The van der Waals surface area contributed by atoms with E-state index < -0.39 is 0 Å². The highest BCUT2D eigenvalue weighted by atomic mass is 16.5. The minimum absolute atomic E-state index is 0.0389. The Morgan fingerprint density at radius 2 is 1.95 bits per heavy atom. The van der Waals surface area contributed by atoms with Gasteiger partial charge in [-0.1, -0.05) is 6.07 Å². The van der Waals surface area contributed by atoms with Gasteiger partial charge >= 0.3 is 0 Å². The van der Waals surface area contributed by atoms with E-state index in [4.69, 9.17) is 18.6 Å². The summed E-state index contributed by atoms with van der Waals surface area (Å²) in [5.41, 5.74) is 4.22. The fraction of sp³-hybridized carbons (Fsp3) is 0.310. The van der Waals surface area contributed by atoms with Crippen molar-refractivity contribution in [1.29, 1.82) is 5.26 Å². The highest BCUT2D eigenvalue weighted by Gasteiger charge is 2.24. The number of furan rings is 1. The summed E-state index contributed by atoms with van der Waals surface area (Å²) in [4.78, 5) is 23.4. The van der Waals surface area contributed by atoms with E-state index in [-0.39, 0.29) is 12.0 Å².